The Hall–Kier alpha value is -1.05. The maximum Gasteiger partial charge on any atom is 0.113 e. The largest absolute Gasteiger partial charge is 0.385 e. The molecule has 0 aromatic carbocycles. The third-order valence-electron chi connectivity index (χ3n) is 4.49. The standard InChI is InChI=1S/C17H27N3O3/c21-17(12-18-7-10-22-14-17)13-20-8-4-16(5-9-20)23-11-15-3-1-2-6-19-15/h1-3,6,16,18,21H,4-5,7-14H2/t17-/m0/s1. The van der Waals surface area contributed by atoms with Crippen LogP contribution in [0.1, 0.15) is 18.5 Å². The predicted molar refractivity (Wildman–Crippen MR) is 87.1 cm³/mol. The van der Waals surface area contributed by atoms with Crippen LogP contribution in [0, 0.1) is 0 Å². The highest BCUT2D eigenvalue weighted by molar-refractivity contribution is 5.02. The fourth-order valence-corrected chi connectivity index (χ4v) is 3.22. The summed E-state index contributed by atoms with van der Waals surface area (Å²) in [5.41, 5.74) is 0.198. The van der Waals surface area contributed by atoms with Crippen LogP contribution < -0.4 is 5.32 Å². The molecule has 2 saturated heterocycles. The highest BCUT2D eigenvalue weighted by atomic mass is 16.5. The number of nitrogens with zero attached hydrogens (tertiary/aromatic N) is 2. The van der Waals surface area contributed by atoms with Crippen molar-refractivity contribution in [3.63, 3.8) is 0 Å². The third kappa shape index (κ3) is 5.22. The molecule has 6 heteroatoms. The Labute approximate surface area is 137 Å². The van der Waals surface area contributed by atoms with Crippen LogP contribution in [0.3, 0.4) is 0 Å². The Bertz CT molecular complexity index is 455. The van der Waals surface area contributed by atoms with Gasteiger partial charge in [-0.2, -0.15) is 0 Å². The molecule has 0 bridgehead atoms. The lowest BCUT2D eigenvalue weighted by Gasteiger charge is -2.37. The molecule has 3 rings (SSSR count). The summed E-state index contributed by atoms with van der Waals surface area (Å²) in [6.07, 6.45) is 4.07. The Morgan fingerprint density at radius 2 is 2.26 bits per heavy atom. The van der Waals surface area contributed by atoms with Crippen LogP contribution in [0.4, 0.5) is 0 Å². The Morgan fingerprint density at radius 1 is 1.39 bits per heavy atom. The summed E-state index contributed by atoms with van der Waals surface area (Å²) in [5.74, 6) is 0. The highest BCUT2D eigenvalue weighted by Crippen LogP contribution is 2.18. The average Bonchev–Trinajstić information content (AvgIpc) is 2.80. The van der Waals surface area contributed by atoms with Gasteiger partial charge in [0.15, 0.2) is 0 Å². The zero-order valence-corrected chi connectivity index (χ0v) is 13.6. The van der Waals surface area contributed by atoms with E-state index in [1.165, 1.54) is 0 Å². The minimum absolute atomic E-state index is 0.284. The van der Waals surface area contributed by atoms with Crippen molar-refractivity contribution in [1.29, 1.82) is 0 Å². The summed E-state index contributed by atoms with van der Waals surface area (Å²) in [6, 6.07) is 5.89. The van der Waals surface area contributed by atoms with Crippen molar-refractivity contribution >= 4 is 0 Å². The number of rotatable bonds is 5. The van der Waals surface area contributed by atoms with Crippen LogP contribution >= 0.6 is 0 Å². The van der Waals surface area contributed by atoms with Gasteiger partial charge in [-0.25, -0.2) is 0 Å². The number of likely N-dealkylation sites (tertiary alicyclic amines) is 1. The molecule has 2 aliphatic rings. The first-order valence-electron chi connectivity index (χ1n) is 8.48. The molecule has 6 nitrogen and oxygen atoms in total. The van der Waals surface area contributed by atoms with E-state index >= 15 is 0 Å². The van der Waals surface area contributed by atoms with Crippen molar-refractivity contribution in [3.05, 3.63) is 30.1 Å². The van der Waals surface area contributed by atoms with Crippen LogP contribution in [0.5, 0.6) is 0 Å². The lowest BCUT2D eigenvalue weighted by Crippen LogP contribution is -2.53. The molecule has 0 aliphatic carbocycles. The summed E-state index contributed by atoms with van der Waals surface area (Å²) in [6.45, 7) is 5.64. The first-order chi connectivity index (χ1) is 11.2. The molecule has 2 fully saturated rings. The van der Waals surface area contributed by atoms with Gasteiger partial charge in [0.05, 0.1) is 31.6 Å². The van der Waals surface area contributed by atoms with Gasteiger partial charge >= 0.3 is 0 Å². The highest BCUT2D eigenvalue weighted by Gasteiger charge is 2.32. The average molecular weight is 321 g/mol. The topological polar surface area (TPSA) is 66.9 Å². The lowest BCUT2D eigenvalue weighted by molar-refractivity contribution is -0.0644. The lowest BCUT2D eigenvalue weighted by atomic mass is 10.0. The number of aliphatic hydroxyl groups is 1. The molecule has 1 aromatic heterocycles. The third-order valence-corrected chi connectivity index (χ3v) is 4.49. The van der Waals surface area contributed by atoms with Gasteiger partial charge in [-0.1, -0.05) is 6.07 Å². The molecule has 0 amide bonds. The summed E-state index contributed by atoms with van der Waals surface area (Å²) in [4.78, 5) is 6.60. The molecule has 0 saturated carbocycles. The predicted octanol–water partition coefficient (Wildman–Crippen LogP) is 0.414. The molecule has 128 valence electrons. The fraction of sp³-hybridized carbons (Fsp3) is 0.706. The molecule has 3 heterocycles. The van der Waals surface area contributed by atoms with Crippen molar-refractivity contribution in [2.75, 3.05) is 45.9 Å². The maximum absolute atomic E-state index is 10.7. The van der Waals surface area contributed by atoms with Crippen molar-refractivity contribution in [1.82, 2.24) is 15.2 Å². The van der Waals surface area contributed by atoms with Crippen LogP contribution in [0.15, 0.2) is 24.4 Å². The van der Waals surface area contributed by atoms with Gasteiger partial charge in [-0.3, -0.25) is 4.98 Å². The van der Waals surface area contributed by atoms with Gasteiger partial charge in [0.2, 0.25) is 0 Å². The normalized spacial score (nSPS) is 27.7. The second kappa shape index (κ2) is 8.17. The number of hydrogen-bond donors (Lipinski definition) is 2. The van der Waals surface area contributed by atoms with E-state index in [1.807, 2.05) is 18.2 Å². The molecule has 2 N–H and O–H groups in total. The first kappa shape index (κ1) is 16.8. The van der Waals surface area contributed by atoms with E-state index in [2.05, 4.69) is 15.2 Å². The van der Waals surface area contributed by atoms with Gasteiger partial charge in [0.25, 0.3) is 0 Å². The SMILES string of the molecule is O[C@]1(CN2CCC(OCc3ccccn3)CC2)CNCCOC1. The van der Waals surface area contributed by atoms with E-state index in [0.29, 0.717) is 32.9 Å². The van der Waals surface area contributed by atoms with E-state index in [0.717, 1.165) is 38.2 Å². The molecule has 0 radical (unpaired) electrons. The number of β-amino-alcohol motifs (C(OH)–C–C–N with tert-alkyl or cyclic N) is 1. The number of ether oxygens (including phenoxy) is 2. The molecule has 2 aliphatic heterocycles. The number of hydrogen-bond acceptors (Lipinski definition) is 6. The Kier molecular flexibility index (Phi) is 5.96. The van der Waals surface area contributed by atoms with Crippen molar-refractivity contribution in [3.8, 4) is 0 Å². The molecule has 23 heavy (non-hydrogen) atoms. The molecule has 1 atom stereocenters. The van der Waals surface area contributed by atoms with Crippen LogP contribution in [0.25, 0.3) is 0 Å². The van der Waals surface area contributed by atoms with Gasteiger partial charge in [0, 0.05) is 38.9 Å². The number of nitrogens with one attached hydrogen (secondary N) is 1. The first-order valence-corrected chi connectivity index (χ1v) is 8.48. The molecule has 1 aromatic rings. The zero-order chi connectivity index (χ0) is 16.0. The van der Waals surface area contributed by atoms with Crippen molar-refractivity contribution in [2.24, 2.45) is 0 Å². The van der Waals surface area contributed by atoms with E-state index < -0.39 is 5.60 Å². The maximum atomic E-state index is 10.7. The molecular formula is C17H27N3O3. The molecule has 0 spiro atoms. The molecular weight excluding hydrogens is 294 g/mol. The fourth-order valence-electron chi connectivity index (χ4n) is 3.22. The second-order valence-electron chi connectivity index (χ2n) is 6.56. The minimum atomic E-state index is -0.780. The van der Waals surface area contributed by atoms with Gasteiger partial charge in [-0.05, 0) is 25.0 Å². The summed E-state index contributed by atoms with van der Waals surface area (Å²) < 4.78 is 11.5. The van der Waals surface area contributed by atoms with Crippen molar-refractivity contribution < 1.29 is 14.6 Å². The number of aromatic nitrogens is 1. The van der Waals surface area contributed by atoms with E-state index in [1.54, 1.807) is 6.20 Å². The Morgan fingerprint density at radius 3 is 3.04 bits per heavy atom. The minimum Gasteiger partial charge on any atom is -0.385 e. The van der Waals surface area contributed by atoms with Gasteiger partial charge in [0.1, 0.15) is 5.60 Å². The molecule has 0 unspecified atom stereocenters. The van der Waals surface area contributed by atoms with Crippen LogP contribution in [0.2, 0.25) is 0 Å². The van der Waals surface area contributed by atoms with Crippen LogP contribution in [-0.2, 0) is 16.1 Å². The van der Waals surface area contributed by atoms with Crippen LogP contribution in [-0.4, -0.2) is 72.6 Å². The summed E-state index contributed by atoms with van der Waals surface area (Å²) >= 11 is 0. The quantitative estimate of drug-likeness (QED) is 0.819. The van der Waals surface area contributed by atoms with E-state index in [4.69, 9.17) is 9.47 Å². The van der Waals surface area contributed by atoms with E-state index in [9.17, 15) is 5.11 Å². The van der Waals surface area contributed by atoms with Crippen molar-refractivity contribution in [2.45, 2.75) is 31.2 Å². The summed E-state index contributed by atoms with van der Waals surface area (Å²) in [5, 5.41) is 13.9. The van der Waals surface area contributed by atoms with E-state index in [-0.39, 0.29) is 6.10 Å². The van der Waals surface area contributed by atoms with Gasteiger partial charge in [-0.15, -0.1) is 0 Å². The number of pyridine rings is 1. The Balaban J connectivity index is 1.39. The summed E-state index contributed by atoms with van der Waals surface area (Å²) in [7, 11) is 0. The second-order valence-corrected chi connectivity index (χ2v) is 6.56. The zero-order valence-electron chi connectivity index (χ0n) is 13.6. The van der Waals surface area contributed by atoms with Gasteiger partial charge < -0.3 is 24.8 Å². The smallest absolute Gasteiger partial charge is 0.113 e. The monoisotopic (exact) mass is 321 g/mol. The number of piperidine rings is 1.